The Labute approximate surface area is 133 Å². The van der Waals surface area contributed by atoms with Crippen molar-refractivity contribution < 1.29 is 0 Å². The predicted octanol–water partition coefficient (Wildman–Crippen LogP) is 2.99. The molecule has 1 saturated heterocycles. The molecule has 1 aliphatic heterocycles. The molecule has 4 nitrogen and oxygen atoms in total. The minimum absolute atomic E-state index is 0.593. The minimum Gasteiger partial charge on any atom is -0.311 e. The maximum atomic E-state index is 6.52. The molecule has 1 fully saturated rings. The number of halogens is 1. The molecular weight excluding hydrogens is 284 g/mol. The van der Waals surface area contributed by atoms with Crippen molar-refractivity contribution in [3.63, 3.8) is 0 Å². The number of hydrogen-bond donors (Lipinski definition) is 1. The first-order chi connectivity index (χ1) is 10.1. The van der Waals surface area contributed by atoms with E-state index >= 15 is 0 Å². The predicted molar refractivity (Wildman–Crippen MR) is 88.8 cm³/mol. The number of nitrogens with one attached hydrogen (secondary N) is 1. The third-order valence-electron chi connectivity index (χ3n) is 4.58. The third-order valence-corrected chi connectivity index (χ3v) is 5.02. The quantitative estimate of drug-likeness (QED) is 0.876. The molecule has 0 bridgehead atoms. The van der Waals surface area contributed by atoms with Crippen molar-refractivity contribution in [3.8, 4) is 0 Å². The smallest absolute Gasteiger partial charge is 0.0863 e. The molecule has 5 heteroatoms. The summed E-state index contributed by atoms with van der Waals surface area (Å²) in [5.74, 6) is 0. The lowest BCUT2D eigenvalue weighted by atomic mass is 10.0. The van der Waals surface area contributed by atoms with Crippen LogP contribution in [0.5, 0.6) is 0 Å². The van der Waals surface area contributed by atoms with Gasteiger partial charge in [0.1, 0.15) is 0 Å². The maximum absolute atomic E-state index is 6.52. The molecule has 2 heterocycles. The molecular formula is C16H29ClN4. The van der Waals surface area contributed by atoms with E-state index in [1.54, 1.807) is 0 Å². The molecule has 0 aliphatic carbocycles. The van der Waals surface area contributed by atoms with Crippen LogP contribution in [0.3, 0.4) is 0 Å². The van der Waals surface area contributed by atoms with E-state index in [1.165, 1.54) is 19.3 Å². The fraction of sp³-hybridized carbons (Fsp3) is 0.812. The molecule has 0 amide bonds. The topological polar surface area (TPSA) is 33.1 Å². The second-order valence-corrected chi connectivity index (χ2v) is 6.45. The van der Waals surface area contributed by atoms with Crippen molar-refractivity contribution in [1.29, 1.82) is 0 Å². The van der Waals surface area contributed by atoms with Gasteiger partial charge in [-0.3, -0.25) is 9.58 Å². The molecule has 1 N–H and O–H groups in total. The SMILES string of the molecule is CCCC1CNC(CC)CN1Cc1c(Cl)c(CC)nn1C. The van der Waals surface area contributed by atoms with E-state index in [0.717, 1.165) is 42.5 Å². The highest BCUT2D eigenvalue weighted by Gasteiger charge is 2.28. The van der Waals surface area contributed by atoms with Gasteiger partial charge >= 0.3 is 0 Å². The number of nitrogens with zero attached hydrogens (tertiary/aromatic N) is 3. The molecule has 21 heavy (non-hydrogen) atoms. The van der Waals surface area contributed by atoms with Gasteiger partial charge in [-0.1, -0.05) is 38.8 Å². The Balaban J connectivity index is 2.15. The Bertz CT molecular complexity index is 457. The molecule has 2 rings (SSSR count). The first-order valence-electron chi connectivity index (χ1n) is 8.28. The van der Waals surface area contributed by atoms with Gasteiger partial charge in [-0.05, 0) is 19.3 Å². The zero-order valence-corrected chi connectivity index (χ0v) is 14.6. The molecule has 0 spiro atoms. The van der Waals surface area contributed by atoms with E-state index in [1.807, 2.05) is 11.7 Å². The van der Waals surface area contributed by atoms with Gasteiger partial charge in [0, 0.05) is 38.8 Å². The van der Waals surface area contributed by atoms with Gasteiger partial charge in [-0.2, -0.15) is 5.10 Å². The molecule has 0 radical (unpaired) electrons. The van der Waals surface area contributed by atoms with E-state index in [9.17, 15) is 0 Å². The van der Waals surface area contributed by atoms with Gasteiger partial charge in [0.05, 0.1) is 16.4 Å². The zero-order valence-electron chi connectivity index (χ0n) is 13.8. The number of aromatic nitrogens is 2. The van der Waals surface area contributed by atoms with Gasteiger partial charge in [0.2, 0.25) is 0 Å². The van der Waals surface area contributed by atoms with Crippen molar-refractivity contribution in [3.05, 3.63) is 16.4 Å². The van der Waals surface area contributed by atoms with Gasteiger partial charge in [0.15, 0.2) is 0 Å². The van der Waals surface area contributed by atoms with Gasteiger partial charge in [-0.15, -0.1) is 0 Å². The van der Waals surface area contributed by atoms with Crippen LogP contribution in [-0.4, -0.2) is 39.9 Å². The summed E-state index contributed by atoms with van der Waals surface area (Å²) in [6.45, 7) is 9.71. The molecule has 0 aromatic carbocycles. The first kappa shape index (κ1) is 16.8. The Hall–Kier alpha value is -0.580. The van der Waals surface area contributed by atoms with Crippen LogP contribution in [0.1, 0.15) is 51.4 Å². The molecule has 1 aromatic heterocycles. The zero-order chi connectivity index (χ0) is 15.4. The van der Waals surface area contributed by atoms with Gasteiger partial charge in [0.25, 0.3) is 0 Å². The molecule has 2 unspecified atom stereocenters. The number of rotatable bonds is 6. The summed E-state index contributed by atoms with van der Waals surface area (Å²) in [5.41, 5.74) is 2.18. The largest absolute Gasteiger partial charge is 0.311 e. The average molecular weight is 313 g/mol. The van der Waals surface area contributed by atoms with E-state index in [-0.39, 0.29) is 0 Å². The van der Waals surface area contributed by atoms with E-state index < -0.39 is 0 Å². The maximum Gasteiger partial charge on any atom is 0.0863 e. The van der Waals surface area contributed by atoms with Crippen molar-refractivity contribution in [2.24, 2.45) is 7.05 Å². The summed E-state index contributed by atoms with van der Waals surface area (Å²) < 4.78 is 1.97. The van der Waals surface area contributed by atoms with Crippen LogP contribution in [0.2, 0.25) is 5.02 Å². The lowest BCUT2D eigenvalue weighted by Crippen LogP contribution is -2.55. The Kier molecular flexibility index (Phi) is 6.08. The lowest BCUT2D eigenvalue weighted by Gasteiger charge is -2.40. The van der Waals surface area contributed by atoms with E-state index in [4.69, 9.17) is 11.6 Å². The Morgan fingerprint density at radius 1 is 1.33 bits per heavy atom. The van der Waals surface area contributed by atoms with E-state index in [0.29, 0.717) is 12.1 Å². The summed E-state index contributed by atoms with van der Waals surface area (Å²) in [7, 11) is 2.01. The molecule has 0 saturated carbocycles. The molecule has 1 aromatic rings. The van der Waals surface area contributed by atoms with Crippen molar-refractivity contribution in [2.75, 3.05) is 13.1 Å². The highest BCUT2D eigenvalue weighted by atomic mass is 35.5. The number of hydrogen-bond acceptors (Lipinski definition) is 3. The Morgan fingerprint density at radius 3 is 2.67 bits per heavy atom. The summed E-state index contributed by atoms with van der Waals surface area (Å²) in [6.07, 6.45) is 4.53. The second-order valence-electron chi connectivity index (χ2n) is 6.07. The second kappa shape index (κ2) is 7.61. The Morgan fingerprint density at radius 2 is 2.10 bits per heavy atom. The highest BCUT2D eigenvalue weighted by Crippen LogP contribution is 2.25. The fourth-order valence-electron chi connectivity index (χ4n) is 3.20. The summed E-state index contributed by atoms with van der Waals surface area (Å²) in [6, 6.07) is 1.20. The molecule has 2 atom stereocenters. The van der Waals surface area contributed by atoms with Gasteiger partial charge < -0.3 is 5.32 Å². The number of piperazine rings is 1. The van der Waals surface area contributed by atoms with Crippen molar-refractivity contribution >= 4 is 11.6 Å². The fourth-order valence-corrected chi connectivity index (χ4v) is 3.55. The van der Waals surface area contributed by atoms with Crippen molar-refractivity contribution in [2.45, 2.75) is 65.1 Å². The first-order valence-corrected chi connectivity index (χ1v) is 8.66. The van der Waals surface area contributed by atoms with Crippen LogP contribution in [0.15, 0.2) is 0 Å². The third kappa shape index (κ3) is 3.79. The monoisotopic (exact) mass is 312 g/mol. The summed E-state index contributed by atoms with van der Waals surface area (Å²) in [5, 5.41) is 9.08. The normalized spacial score (nSPS) is 23.7. The highest BCUT2D eigenvalue weighted by molar-refractivity contribution is 6.31. The van der Waals surface area contributed by atoms with Crippen LogP contribution in [-0.2, 0) is 20.0 Å². The van der Waals surface area contributed by atoms with Crippen LogP contribution in [0.25, 0.3) is 0 Å². The van der Waals surface area contributed by atoms with Crippen LogP contribution in [0, 0.1) is 0 Å². The van der Waals surface area contributed by atoms with Crippen LogP contribution >= 0.6 is 11.6 Å². The minimum atomic E-state index is 0.593. The van der Waals surface area contributed by atoms with E-state index in [2.05, 4.69) is 36.1 Å². The molecule has 1 aliphatic rings. The standard InChI is InChI=1S/C16H29ClN4/c1-5-8-13-9-18-12(6-2)10-21(13)11-15-16(17)14(7-3)19-20(15)4/h12-13,18H,5-11H2,1-4H3. The van der Waals surface area contributed by atoms with Crippen LogP contribution < -0.4 is 5.32 Å². The molecule has 120 valence electrons. The number of aryl methyl sites for hydroxylation is 2. The van der Waals surface area contributed by atoms with Gasteiger partial charge in [-0.25, -0.2) is 0 Å². The van der Waals surface area contributed by atoms with Crippen molar-refractivity contribution in [1.82, 2.24) is 20.0 Å². The lowest BCUT2D eigenvalue weighted by molar-refractivity contribution is 0.111. The average Bonchev–Trinajstić information content (AvgIpc) is 2.76. The summed E-state index contributed by atoms with van der Waals surface area (Å²) in [4.78, 5) is 2.59. The summed E-state index contributed by atoms with van der Waals surface area (Å²) >= 11 is 6.52. The van der Waals surface area contributed by atoms with Crippen LogP contribution in [0.4, 0.5) is 0 Å².